The summed E-state index contributed by atoms with van der Waals surface area (Å²) in [5, 5.41) is 2.81. The fourth-order valence-electron chi connectivity index (χ4n) is 1.34. The molecule has 0 aliphatic heterocycles. The smallest absolute Gasteiger partial charge is 0.260 e. The highest BCUT2D eigenvalue weighted by Crippen LogP contribution is 2.23. The Morgan fingerprint density at radius 3 is 2.88 bits per heavy atom. The first kappa shape index (κ1) is 14.0. The van der Waals surface area contributed by atoms with Crippen molar-refractivity contribution < 1.29 is 9.53 Å². The van der Waals surface area contributed by atoms with Gasteiger partial charge in [0.1, 0.15) is 5.75 Å². The molecule has 3 nitrogen and oxygen atoms in total. The lowest BCUT2D eigenvalue weighted by Crippen LogP contribution is -2.36. The Bertz CT molecular complexity index is 393. The van der Waals surface area contributed by atoms with Crippen molar-refractivity contribution in [2.75, 3.05) is 6.54 Å². The maximum absolute atomic E-state index is 11.7. The van der Waals surface area contributed by atoms with Crippen LogP contribution in [-0.2, 0) is 4.79 Å². The Labute approximate surface area is 111 Å². The summed E-state index contributed by atoms with van der Waals surface area (Å²) in [7, 11) is 0. The molecule has 4 heteroatoms. The molecule has 1 atom stereocenters. The van der Waals surface area contributed by atoms with E-state index in [4.69, 9.17) is 4.74 Å². The van der Waals surface area contributed by atoms with Gasteiger partial charge in [0.05, 0.1) is 0 Å². The molecule has 0 aliphatic rings. The highest BCUT2D eigenvalue weighted by atomic mass is 79.9. The summed E-state index contributed by atoms with van der Waals surface area (Å²) in [5.74, 6) is 0.657. The minimum absolute atomic E-state index is 0.0776. The summed E-state index contributed by atoms with van der Waals surface area (Å²) in [6, 6.07) is 5.78. The molecule has 17 heavy (non-hydrogen) atoms. The van der Waals surface area contributed by atoms with Crippen molar-refractivity contribution in [1.82, 2.24) is 5.32 Å². The summed E-state index contributed by atoms with van der Waals surface area (Å²) in [5.41, 5.74) is 1.02. The van der Waals surface area contributed by atoms with Gasteiger partial charge < -0.3 is 10.1 Å². The third kappa shape index (κ3) is 4.38. The lowest BCUT2D eigenvalue weighted by atomic mass is 10.2. The van der Waals surface area contributed by atoms with Crippen molar-refractivity contribution in [3.8, 4) is 5.75 Å². The van der Waals surface area contributed by atoms with E-state index >= 15 is 0 Å². The van der Waals surface area contributed by atoms with Crippen LogP contribution < -0.4 is 10.1 Å². The van der Waals surface area contributed by atoms with E-state index in [1.807, 2.05) is 32.0 Å². The van der Waals surface area contributed by atoms with Crippen LogP contribution in [0, 0.1) is 6.92 Å². The number of nitrogens with one attached hydrogen (secondary N) is 1. The van der Waals surface area contributed by atoms with Crippen LogP contribution in [0.1, 0.15) is 25.8 Å². The maximum atomic E-state index is 11.7. The zero-order valence-electron chi connectivity index (χ0n) is 10.4. The second kappa shape index (κ2) is 6.64. The van der Waals surface area contributed by atoms with Crippen molar-refractivity contribution >= 4 is 21.8 Å². The molecule has 1 rings (SSSR count). The van der Waals surface area contributed by atoms with Gasteiger partial charge >= 0.3 is 0 Å². The third-order valence-corrected chi connectivity index (χ3v) is 2.87. The zero-order chi connectivity index (χ0) is 12.8. The Kier molecular flexibility index (Phi) is 5.48. The van der Waals surface area contributed by atoms with E-state index in [1.165, 1.54) is 0 Å². The number of rotatable bonds is 5. The summed E-state index contributed by atoms with van der Waals surface area (Å²) in [6.45, 7) is 6.41. The van der Waals surface area contributed by atoms with Crippen molar-refractivity contribution in [3.05, 3.63) is 28.2 Å². The molecule has 0 saturated heterocycles. The van der Waals surface area contributed by atoms with Crippen LogP contribution >= 0.6 is 15.9 Å². The van der Waals surface area contributed by atoms with Gasteiger partial charge in [-0.05, 0) is 38.0 Å². The molecule has 0 aliphatic carbocycles. The number of hydrogen-bond acceptors (Lipinski definition) is 2. The van der Waals surface area contributed by atoms with Gasteiger partial charge in [0.2, 0.25) is 0 Å². The Morgan fingerprint density at radius 1 is 1.53 bits per heavy atom. The highest BCUT2D eigenvalue weighted by molar-refractivity contribution is 9.10. The Morgan fingerprint density at radius 2 is 2.24 bits per heavy atom. The van der Waals surface area contributed by atoms with Crippen molar-refractivity contribution in [1.29, 1.82) is 0 Å². The molecule has 1 aromatic carbocycles. The molecule has 1 amide bonds. The lowest BCUT2D eigenvalue weighted by molar-refractivity contribution is -0.127. The fraction of sp³-hybridized carbons (Fsp3) is 0.462. The van der Waals surface area contributed by atoms with Crippen molar-refractivity contribution in [3.63, 3.8) is 0 Å². The third-order valence-electron chi connectivity index (χ3n) is 2.37. The van der Waals surface area contributed by atoms with E-state index < -0.39 is 6.10 Å². The Balaban J connectivity index is 2.64. The molecular formula is C13H18BrNO2. The second-order valence-corrected chi connectivity index (χ2v) is 4.88. The molecule has 0 aromatic heterocycles. The van der Waals surface area contributed by atoms with E-state index in [0.29, 0.717) is 6.54 Å². The van der Waals surface area contributed by atoms with Gasteiger partial charge in [-0.1, -0.05) is 28.9 Å². The van der Waals surface area contributed by atoms with E-state index in [0.717, 1.165) is 22.2 Å². The summed E-state index contributed by atoms with van der Waals surface area (Å²) in [6.07, 6.45) is 0.448. The minimum atomic E-state index is -0.477. The van der Waals surface area contributed by atoms with Crippen LogP contribution in [0.3, 0.4) is 0 Å². The van der Waals surface area contributed by atoms with Gasteiger partial charge in [0.15, 0.2) is 6.10 Å². The zero-order valence-corrected chi connectivity index (χ0v) is 12.0. The maximum Gasteiger partial charge on any atom is 0.260 e. The Hall–Kier alpha value is -1.03. The van der Waals surface area contributed by atoms with Gasteiger partial charge in [-0.2, -0.15) is 0 Å². The monoisotopic (exact) mass is 299 g/mol. The molecule has 0 spiro atoms. The van der Waals surface area contributed by atoms with Crippen LogP contribution in [0.25, 0.3) is 0 Å². The summed E-state index contributed by atoms with van der Waals surface area (Å²) in [4.78, 5) is 11.7. The normalized spacial score (nSPS) is 12.0. The first-order valence-electron chi connectivity index (χ1n) is 5.75. The average Bonchev–Trinajstić information content (AvgIpc) is 2.30. The second-order valence-electron chi connectivity index (χ2n) is 3.96. The number of aryl methyl sites for hydroxylation is 1. The predicted molar refractivity (Wildman–Crippen MR) is 72.3 cm³/mol. The number of amides is 1. The summed E-state index contributed by atoms with van der Waals surface area (Å²) >= 11 is 3.38. The first-order chi connectivity index (χ1) is 8.04. The number of carbonyl (C=O) groups excluding carboxylic acids is 1. The molecule has 0 saturated carbocycles. The van der Waals surface area contributed by atoms with E-state index in [9.17, 15) is 4.79 Å². The molecule has 0 radical (unpaired) electrons. The fourth-order valence-corrected chi connectivity index (χ4v) is 1.68. The number of ether oxygens (including phenoxy) is 1. The van der Waals surface area contributed by atoms with Gasteiger partial charge in [-0.25, -0.2) is 0 Å². The van der Waals surface area contributed by atoms with Crippen molar-refractivity contribution in [2.24, 2.45) is 0 Å². The van der Waals surface area contributed by atoms with Crippen LogP contribution in [-0.4, -0.2) is 18.6 Å². The van der Waals surface area contributed by atoms with Crippen LogP contribution in [0.5, 0.6) is 5.75 Å². The molecule has 1 aromatic rings. The van der Waals surface area contributed by atoms with Crippen LogP contribution in [0.2, 0.25) is 0 Å². The molecule has 0 bridgehead atoms. The molecule has 0 fully saturated rings. The number of halogens is 1. The van der Waals surface area contributed by atoms with Gasteiger partial charge in [-0.15, -0.1) is 0 Å². The van der Waals surface area contributed by atoms with E-state index in [1.54, 1.807) is 6.92 Å². The van der Waals surface area contributed by atoms with Crippen LogP contribution in [0.4, 0.5) is 0 Å². The first-order valence-corrected chi connectivity index (χ1v) is 6.54. The predicted octanol–water partition coefficient (Wildman–Crippen LogP) is 3.05. The molecular weight excluding hydrogens is 282 g/mol. The standard InChI is InChI=1S/C13H18BrNO2/c1-4-7-15-13(16)10(3)17-12-8-11(14)6-5-9(12)2/h5-6,8,10H,4,7H2,1-3H3,(H,15,16). The topological polar surface area (TPSA) is 38.3 Å². The largest absolute Gasteiger partial charge is 0.481 e. The molecule has 94 valence electrons. The van der Waals surface area contributed by atoms with Gasteiger partial charge in [-0.3, -0.25) is 4.79 Å². The lowest BCUT2D eigenvalue weighted by Gasteiger charge is -2.16. The number of carbonyl (C=O) groups is 1. The SMILES string of the molecule is CCCNC(=O)C(C)Oc1cc(Br)ccc1C. The minimum Gasteiger partial charge on any atom is -0.481 e. The summed E-state index contributed by atoms with van der Waals surface area (Å²) < 4.78 is 6.59. The number of hydrogen-bond donors (Lipinski definition) is 1. The quantitative estimate of drug-likeness (QED) is 0.907. The highest BCUT2D eigenvalue weighted by Gasteiger charge is 2.14. The molecule has 1 unspecified atom stereocenters. The number of benzene rings is 1. The average molecular weight is 300 g/mol. The van der Waals surface area contributed by atoms with E-state index in [2.05, 4.69) is 21.2 Å². The molecule has 0 heterocycles. The van der Waals surface area contributed by atoms with Crippen molar-refractivity contribution in [2.45, 2.75) is 33.3 Å². The van der Waals surface area contributed by atoms with Gasteiger partial charge in [0, 0.05) is 11.0 Å². The van der Waals surface area contributed by atoms with E-state index in [-0.39, 0.29) is 5.91 Å². The molecule has 1 N–H and O–H groups in total. The van der Waals surface area contributed by atoms with Gasteiger partial charge in [0.25, 0.3) is 5.91 Å². The van der Waals surface area contributed by atoms with Crippen LogP contribution in [0.15, 0.2) is 22.7 Å².